The molecule has 1 N–H and O–H groups in total. The highest BCUT2D eigenvalue weighted by Gasteiger charge is 2.31. The summed E-state index contributed by atoms with van der Waals surface area (Å²) >= 11 is 0. The fourth-order valence-electron chi connectivity index (χ4n) is 5.15. The highest BCUT2D eigenvalue weighted by Crippen LogP contribution is 2.38. The molecule has 0 unspecified atom stereocenters. The van der Waals surface area contributed by atoms with Gasteiger partial charge in [-0.1, -0.05) is 6.92 Å². The summed E-state index contributed by atoms with van der Waals surface area (Å²) in [4.78, 5) is 18.2. The summed E-state index contributed by atoms with van der Waals surface area (Å²) in [5.74, 6) is -0.0742. The Labute approximate surface area is 218 Å². The minimum Gasteiger partial charge on any atom is -0.481 e. The summed E-state index contributed by atoms with van der Waals surface area (Å²) in [5.41, 5.74) is 1.75. The van der Waals surface area contributed by atoms with Gasteiger partial charge in [-0.3, -0.25) is 9.48 Å². The molecule has 1 saturated heterocycles. The maximum absolute atomic E-state index is 15.4. The van der Waals surface area contributed by atoms with E-state index in [1.54, 1.807) is 4.90 Å². The van der Waals surface area contributed by atoms with E-state index in [1.807, 2.05) is 11.6 Å². The molecule has 0 radical (unpaired) electrons. The number of nitrogens with one attached hydrogen (secondary N) is 1. The Morgan fingerprint density at radius 2 is 2.05 bits per heavy atom. The van der Waals surface area contributed by atoms with E-state index < -0.39 is 12.2 Å². The molecule has 1 aromatic carbocycles. The smallest absolute Gasteiger partial charge is 0.264 e. The molecular formula is C27H30F3N5O3. The number of halogens is 3. The largest absolute Gasteiger partial charge is 0.481 e. The topological polar surface area (TPSA) is 81.5 Å². The summed E-state index contributed by atoms with van der Waals surface area (Å²) in [6, 6.07) is 5.35. The van der Waals surface area contributed by atoms with Crippen LogP contribution in [0.4, 0.5) is 24.7 Å². The van der Waals surface area contributed by atoms with E-state index in [1.165, 1.54) is 25.4 Å². The number of hydrogen-bond donors (Lipinski definition) is 1. The molecule has 1 fully saturated rings. The van der Waals surface area contributed by atoms with Gasteiger partial charge >= 0.3 is 0 Å². The number of hydrogen-bond acceptors (Lipinski definition) is 6. The number of nitrogens with zero attached hydrogens (tertiary/aromatic N) is 4. The molecule has 2 aliphatic rings. The average Bonchev–Trinajstić information content (AvgIpc) is 3.31. The van der Waals surface area contributed by atoms with Gasteiger partial charge in [0.2, 0.25) is 11.8 Å². The number of methoxy groups -OCH3 is 1. The zero-order chi connectivity index (χ0) is 26.8. The second-order valence-electron chi connectivity index (χ2n) is 9.41. The summed E-state index contributed by atoms with van der Waals surface area (Å²) in [6.07, 6.45) is 1.14. The molecule has 38 heavy (non-hydrogen) atoms. The number of carbonyl (C=O) groups is 1. The van der Waals surface area contributed by atoms with Crippen LogP contribution in [0.25, 0.3) is 11.1 Å². The van der Waals surface area contributed by atoms with Crippen molar-refractivity contribution in [3.63, 3.8) is 0 Å². The van der Waals surface area contributed by atoms with Crippen LogP contribution in [0.3, 0.4) is 0 Å². The number of alkyl halides is 2. The van der Waals surface area contributed by atoms with E-state index in [0.717, 1.165) is 36.2 Å². The van der Waals surface area contributed by atoms with Crippen molar-refractivity contribution in [2.75, 3.05) is 32.2 Å². The molecule has 4 heterocycles. The monoisotopic (exact) mass is 529 g/mol. The molecule has 1 amide bonds. The van der Waals surface area contributed by atoms with Crippen LogP contribution >= 0.6 is 0 Å². The Hall–Kier alpha value is -3.60. The van der Waals surface area contributed by atoms with Crippen molar-refractivity contribution in [3.8, 4) is 17.0 Å². The Morgan fingerprint density at radius 3 is 2.76 bits per heavy atom. The highest BCUT2D eigenvalue weighted by molar-refractivity contribution is 5.77. The Bertz CT molecular complexity index is 1320. The first-order chi connectivity index (χ1) is 18.4. The quantitative estimate of drug-likeness (QED) is 0.440. The lowest BCUT2D eigenvalue weighted by Gasteiger charge is -2.30. The highest BCUT2D eigenvalue weighted by atomic mass is 19.3. The minimum absolute atomic E-state index is 0.0173. The fourth-order valence-corrected chi connectivity index (χ4v) is 5.15. The summed E-state index contributed by atoms with van der Waals surface area (Å²) in [7, 11) is 1.42. The second kappa shape index (κ2) is 11.0. The van der Waals surface area contributed by atoms with Crippen molar-refractivity contribution in [2.45, 2.75) is 51.6 Å². The molecular weight excluding hydrogens is 499 g/mol. The van der Waals surface area contributed by atoms with Gasteiger partial charge < -0.3 is 19.7 Å². The second-order valence-corrected chi connectivity index (χ2v) is 9.41. The van der Waals surface area contributed by atoms with Gasteiger partial charge in [-0.25, -0.2) is 18.2 Å². The number of ether oxygens (including phenoxy) is 2. The van der Waals surface area contributed by atoms with Crippen molar-refractivity contribution < 1.29 is 27.4 Å². The van der Waals surface area contributed by atoms with Crippen LogP contribution in [0.2, 0.25) is 0 Å². The zero-order valence-corrected chi connectivity index (χ0v) is 21.3. The maximum Gasteiger partial charge on any atom is 0.264 e. The third-order valence-electron chi connectivity index (χ3n) is 7.16. The molecule has 202 valence electrons. The molecule has 5 rings (SSSR count). The molecule has 11 heteroatoms. The summed E-state index contributed by atoms with van der Waals surface area (Å²) in [6.45, 7) is 3.95. The van der Waals surface area contributed by atoms with Gasteiger partial charge in [-0.2, -0.15) is 5.10 Å². The van der Waals surface area contributed by atoms with Crippen LogP contribution < -0.4 is 10.1 Å². The van der Waals surface area contributed by atoms with Crippen molar-refractivity contribution in [3.05, 3.63) is 53.1 Å². The van der Waals surface area contributed by atoms with Crippen LogP contribution in [0.5, 0.6) is 5.88 Å². The SMILES string of the molecule is CCC(=O)N1CCc2c(c(Nc3cc(C(F)F)c(-c4ccnc(OC)c4)cc3F)nn2C2CCOCC2)C1. The molecule has 2 aromatic heterocycles. The molecule has 0 atom stereocenters. The number of rotatable bonds is 7. The van der Waals surface area contributed by atoms with Crippen molar-refractivity contribution in [1.82, 2.24) is 19.7 Å². The van der Waals surface area contributed by atoms with Gasteiger partial charge in [0.25, 0.3) is 6.43 Å². The molecule has 0 saturated carbocycles. The van der Waals surface area contributed by atoms with Crippen molar-refractivity contribution in [1.29, 1.82) is 0 Å². The Balaban J connectivity index is 1.54. The first-order valence-electron chi connectivity index (χ1n) is 12.7. The fraction of sp³-hybridized carbons (Fsp3) is 0.444. The average molecular weight is 530 g/mol. The lowest BCUT2D eigenvalue weighted by molar-refractivity contribution is -0.131. The standard InChI is InChI=1S/C27H30F3N5O3/c1-3-25(36)34-9-5-23-20(15-34)27(33-35(23)17-6-10-38-11-7-17)32-22-14-19(26(29)30)18(13-21(22)28)16-4-8-31-24(12-16)37-2/h4,8,12-14,17,26H,3,5-7,9-11,15H2,1-2H3,(H,32,33). The van der Waals surface area contributed by atoms with Crippen LogP contribution in [0, 0.1) is 5.82 Å². The van der Waals surface area contributed by atoms with Gasteiger partial charge in [0.1, 0.15) is 5.82 Å². The van der Waals surface area contributed by atoms with Gasteiger partial charge in [-0.05, 0) is 42.2 Å². The van der Waals surface area contributed by atoms with E-state index in [4.69, 9.17) is 14.6 Å². The van der Waals surface area contributed by atoms with Crippen LogP contribution in [-0.4, -0.2) is 52.4 Å². The van der Waals surface area contributed by atoms with E-state index in [9.17, 15) is 13.6 Å². The molecule has 2 aliphatic heterocycles. The third kappa shape index (κ3) is 5.07. The van der Waals surface area contributed by atoms with Crippen LogP contribution in [0.15, 0.2) is 30.5 Å². The maximum atomic E-state index is 15.4. The molecule has 0 spiro atoms. The van der Waals surface area contributed by atoms with Crippen LogP contribution in [-0.2, 0) is 22.5 Å². The number of aromatic nitrogens is 3. The lowest BCUT2D eigenvalue weighted by Crippen LogP contribution is -2.36. The molecule has 0 aliphatic carbocycles. The van der Waals surface area contributed by atoms with E-state index in [0.29, 0.717) is 50.5 Å². The van der Waals surface area contributed by atoms with Gasteiger partial charge in [0.15, 0.2) is 5.82 Å². The number of anilines is 2. The first kappa shape index (κ1) is 26.0. The Kier molecular flexibility index (Phi) is 7.55. The Morgan fingerprint density at radius 1 is 1.26 bits per heavy atom. The van der Waals surface area contributed by atoms with Gasteiger partial charge in [0.05, 0.1) is 25.4 Å². The van der Waals surface area contributed by atoms with Crippen molar-refractivity contribution >= 4 is 17.4 Å². The number of fused-ring (bicyclic) bond motifs is 1. The minimum atomic E-state index is -2.85. The third-order valence-corrected chi connectivity index (χ3v) is 7.16. The van der Waals surface area contributed by atoms with Gasteiger partial charge in [0, 0.05) is 61.7 Å². The van der Waals surface area contributed by atoms with Crippen LogP contribution in [0.1, 0.15) is 55.5 Å². The molecule has 3 aromatic rings. The summed E-state index contributed by atoms with van der Waals surface area (Å²) in [5, 5.41) is 7.77. The van der Waals surface area contributed by atoms with Crippen molar-refractivity contribution in [2.24, 2.45) is 0 Å². The predicted molar refractivity (Wildman–Crippen MR) is 135 cm³/mol. The zero-order valence-electron chi connectivity index (χ0n) is 21.3. The number of benzene rings is 1. The normalized spacial score (nSPS) is 16.0. The predicted octanol–water partition coefficient (Wildman–Crippen LogP) is 5.42. The first-order valence-corrected chi connectivity index (χ1v) is 12.7. The lowest BCUT2D eigenvalue weighted by atomic mass is 9.99. The number of pyridine rings is 1. The van der Waals surface area contributed by atoms with E-state index in [-0.39, 0.29) is 34.6 Å². The van der Waals surface area contributed by atoms with E-state index in [2.05, 4.69) is 10.3 Å². The number of amides is 1. The molecule has 0 bridgehead atoms. The summed E-state index contributed by atoms with van der Waals surface area (Å²) < 4.78 is 56.3. The van der Waals surface area contributed by atoms with E-state index >= 15 is 4.39 Å². The van der Waals surface area contributed by atoms with Gasteiger partial charge in [-0.15, -0.1) is 0 Å². The number of carbonyl (C=O) groups excluding carboxylic acids is 1. The molecule has 8 nitrogen and oxygen atoms in total.